The van der Waals surface area contributed by atoms with Gasteiger partial charge in [-0.3, -0.25) is 9.69 Å². The zero-order chi connectivity index (χ0) is 17.1. The maximum atomic E-state index is 12.4. The van der Waals surface area contributed by atoms with Gasteiger partial charge in [-0.25, -0.2) is 0 Å². The van der Waals surface area contributed by atoms with Gasteiger partial charge in [0.15, 0.2) is 0 Å². The summed E-state index contributed by atoms with van der Waals surface area (Å²) in [7, 11) is 0. The summed E-state index contributed by atoms with van der Waals surface area (Å²) in [5.41, 5.74) is 1.81. The second-order valence-electron chi connectivity index (χ2n) is 4.87. The van der Waals surface area contributed by atoms with Crippen molar-refractivity contribution in [1.82, 2.24) is 4.90 Å². The predicted molar refractivity (Wildman–Crippen MR) is 84.6 cm³/mol. The summed E-state index contributed by atoms with van der Waals surface area (Å²) in [6.45, 7) is 1.92. The van der Waals surface area contributed by atoms with E-state index in [4.69, 9.17) is 12.2 Å². The summed E-state index contributed by atoms with van der Waals surface area (Å²) in [4.78, 5) is 35.2. The SMILES string of the molecule is Cc1ccc(/C=C2\SC(=S)N([C@H](CC(=O)[O-])C(=O)[O-])C2=O)cc1. The van der Waals surface area contributed by atoms with E-state index in [1.165, 1.54) is 0 Å². The van der Waals surface area contributed by atoms with Crippen LogP contribution >= 0.6 is 24.0 Å². The number of nitrogens with zero attached hydrogens (tertiary/aromatic N) is 1. The molecule has 2 rings (SSSR count). The third kappa shape index (κ3) is 3.96. The number of carboxylic acids is 2. The Morgan fingerprint density at radius 3 is 2.43 bits per heavy atom. The Bertz CT molecular complexity index is 711. The average Bonchev–Trinajstić information content (AvgIpc) is 2.73. The molecule has 0 aromatic heterocycles. The molecule has 1 heterocycles. The molecule has 23 heavy (non-hydrogen) atoms. The van der Waals surface area contributed by atoms with Crippen LogP contribution in [0.2, 0.25) is 0 Å². The number of thiocarbonyl (C=S) groups is 1. The van der Waals surface area contributed by atoms with Gasteiger partial charge >= 0.3 is 0 Å². The molecule has 0 radical (unpaired) electrons. The van der Waals surface area contributed by atoms with Gasteiger partial charge in [0.05, 0.1) is 16.9 Å². The average molecular weight is 349 g/mol. The number of aliphatic carboxylic acids is 2. The molecule has 120 valence electrons. The summed E-state index contributed by atoms with van der Waals surface area (Å²) in [6.07, 6.45) is 0.691. The highest BCUT2D eigenvalue weighted by atomic mass is 32.2. The molecule has 1 atom stereocenters. The molecule has 0 spiro atoms. The third-order valence-electron chi connectivity index (χ3n) is 3.14. The van der Waals surface area contributed by atoms with E-state index in [0.29, 0.717) is 0 Å². The number of rotatable bonds is 5. The number of hydrogen-bond donors (Lipinski definition) is 0. The van der Waals surface area contributed by atoms with Gasteiger partial charge < -0.3 is 19.8 Å². The van der Waals surface area contributed by atoms with E-state index in [2.05, 4.69) is 0 Å². The van der Waals surface area contributed by atoms with Crippen molar-refractivity contribution in [2.24, 2.45) is 0 Å². The standard InChI is InChI=1S/C15H13NO5S2/c1-8-2-4-9(5-3-8)6-11-13(19)16(15(22)23-11)10(14(20)21)7-12(17)18/h2-6,10H,7H2,1H3,(H,17,18)(H,20,21)/p-2/b11-6-/t10-/m1/s1. The molecule has 1 aromatic rings. The zero-order valence-electron chi connectivity index (χ0n) is 12.0. The molecule has 0 unspecified atom stereocenters. The van der Waals surface area contributed by atoms with Crippen LogP contribution in [0.15, 0.2) is 29.2 Å². The first-order valence-electron chi connectivity index (χ1n) is 6.54. The number of hydrogen-bond acceptors (Lipinski definition) is 7. The third-order valence-corrected chi connectivity index (χ3v) is 4.47. The van der Waals surface area contributed by atoms with Crippen LogP contribution in [0.4, 0.5) is 0 Å². The molecule has 8 heteroatoms. The van der Waals surface area contributed by atoms with Crippen molar-refractivity contribution in [3.63, 3.8) is 0 Å². The molecule has 0 saturated carbocycles. The van der Waals surface area contributed by atoms with Crippen molar-refractivity contribution in [3.05, 3.63) is 40.3 Å². The monoisotopic (exact) mass is 349 g/mol. The lowest BCUT2D eigenvalue weighted by Crippen LogP contribution is -2.52. The Labute approximate surface area is 141 Å². The number of benzene rings is 1. The van der Waals surface area contributed by atoms with Crippen LogP contribution in [0.1, 0.15) is 17.5 Å². The van der Waals surface area contributed by atoms with Crippen molar-refractivity contribution in [3.8, 4) is 0 Å². The van der Waals surface area contributed by atoms with E-state index in [1.54, 1.807) is 18.2 Å². The van der Waals surface area contributed by atoms with Crippen molar-refractivity contribution in [2.45, 2.75) is 19.4 Å². The Balaban J connectivity index is 2.30. The molecular weight excluding hydrogens is 338 g/mol. The Hall–Kier alpha value is -2.19. The fourth-order valence-electron chi connectivity index (χ4n) is 2.00. The predicted octanol–water partition coefficient (Wildman–Crippen LogP) is -0.545. The molecule has 1 aliphatic heterocycles. The summed E-state index contributed by atoms with van der Waals surface area (Å²) in [5, 5.41) is 21.8. The fourth-order valence-corrected chi connectivity index (χ4v) is 3.36. The normalized spacial score (nSPS) is 17.6. The van der Waals surface area contributed by atoms with Crippen LogP contribution in [0.25, 0.3) is 6.08 Å². The van der Waals surface area contributed by atoms with Gasteiger partial charge in [0.2, 0.25) is 0 Å². The van der Waals surface area contributed by atoms with Gasteiger partial charge in [-0.15, -0.1) is 0 Å². The molecule has 6 nitrogen and oxygen atoms in total. The maximum absolute atomic E-state index is 12.4. The quantitative estimate of drug-likeness (QED) is 0.519. The first-order valence-corrected chi connectivity index (χ1v) is 7.76. The van der Waals surface area contributed by atoms with E-state index in [9.17, 15) is 24.6 Å². The maximum Gasteiger partial charge on any atom is 0.266 e. The van der Waals surface area contributed by atoms with E-state index in [0.717, 1.165) is 27.8 Å². The highest BCUT2D eigenvalue weighted by Gasteiger charge is 2.37. The molecule has 0 bridgehead atoms. The highest BCUT2D eigenvalue weighted by Crippen LogP contribution is 2.34. The first-order chi connectivity index (χ1) is 10.8. The van der Waals surface area contributed by atoms with Gasteiger partial charge in [0, 0.05) is 12.4 Å². The summed E-state index contributed by atoms with van der Waals surface area (Å²) in [5.74, 6) is -3.95. The minimum Gasteiger partial charge on any atom is -0.550 e. The van der Waals surface area contributed by atoms with Gasteiger partial charge in [-0.05, 0) is 18.6 Å². The summed E-state index contributed by atoms with van der Waals surface area (Å²) < 4.78 is -0.0242. The minimum atomic E-state index is -1.69. The number of carboxylic acid groups (broad SMARTS) is 2. The Morgan fingerprint density at radius 2 is 1.91 bits per heavy atom. The molecule has 1 amide bonds. The largest absolute Gasteiger partial charge is 0.550 e. The van der Waals surface area contributed by atoms with E-state index in [-0.39, 0.29) is 9.23 Å². The van der Waals surface area contributed by atoms with E-state index in [1.807, 2.05) is 19.1 Å². The number of amides is 1. The minimum absolute atomic E-state index is 0.0242. The van der Waals surface area contributed by atoms with Crippen molar-refractivity contribution < 1.29 is 24.6 Å². The smallest absolute Gasteiger partial charge is 0.266 e. The lowest BCUT2D eigenvalue weighted by molar-refractivity contribution is -0.319. The number of thioether (sulfide) groups is 1. The highest BCUT2D eigenvalue weighted by molar-refractivity contribution is 8.26. The van der Waals surface area contributed by atoms with E-state index >= 15 is 0 Å². The lowest BCUT2D eigenvalue weighted by atomic mass is 10.1. The second kappa shape index (κ2) is 6.93. The van der Waals surface area contributed by atoms with Crippen LogP contribution in [0, 0.1) is 6.92 Å². The first kappa shape index (κ1) is 17.2. The lowest BCUT2D eigenvalue weighted by Gasteiger charge is -2.27. The summed E-state index contributed by atoms with van der Waals surface area (Å²) in [6, 6.07) is 5.66. The Morgan fingerprint density at radius 1 is 1.30 bits per heavy atom. The van der Waals surface area contributed by atoms with Crippen LogP contribution in [-0.4, -0.2) is 33.1 Å². The van der Waals surface area contributed by atoms with Crippen molar-refractivity contribution in [2.75, 3.05) is 0 Å². The topological polar surface area (TPSA) is 101 Å². The molecule has 1 aromatic carbocycles. The van der Waals surface area contributed by atoms with E-state index < -0.39 is 30.3 Å². The zero-order valence-corrected chi connectivity index (χ0v) is 13.6. The molecular formula is C15H11NO5S2-2. The molecule has 1 fully saturated rings. The molecule has 0 N–H and O–H groups in total. The summed E-state index contributed by atoms with van der Waals surface area (Å²) >= 11 is 5.92. The van der Waals surface area contributed by atoms with Gasteiger partial charge in [0.1, 0.15) is 4.32 Å². The Kier molecular flexibility index (Phi) is 5.17. The van der Waals surface area contributed by atoms with Crippen LogP contribution < -0.4 is 10.2 Å². The fraction of sp³-hybridized carbons (Fsp3) is 0.200. The van der Waals surface area contributed by atoms with Crippen LogP contribution in [-0.2, 0) is 14.4 Å². The van der Waals surface area contributed by atoms with Crippen molar-refractivity contribution >= 4 is 52.2 Å². The van der Waals surface area contributed by atoms with Crippen LogP contribution in [0.5, 0.6) is 0 Å². The second-order valence-corrected chi connectivity index (χ2v) is 6.55. The molecule has 1 saturated heterocycles. The molecule has 1 aliphatic rings. The van der Waals surface area contributed by atoms with Gasteiger partial charge in [-0.1, -0.05) is 53.8 Å². The number of carbonyl (C=O) groups excluding carboxylic acids is 3. The molecule has 0 aliphatic carbocycles. The van der Waals surface area contributed by atoms with Crippen LogP contribution in [0.3, 0.4) is 0 Å². The van der Waals surface area contributed by atoms with Gasteiger partial charge in [0.25, 0.3) is 5.91 Å². The van der Waals surface area contributed by atoms with Gasteiger partial charge in [-0.2, -0.15) is 0 Å². The number of aryl methyl sites for hydroxylation is 1. The number of carbonyl (C=O) groups is 3. The van der Waals surface area contributed by atoms with Crippen molar-refractivity contribution in [1.29, 1.82) is 0 Å².